The van der Waals surface area contributed by atoms with Crippen LogP contribution in [-0.4, -0.2) is 18.1 Å². The van der Waals surface area contributed by atoms with Crippen molar-refractivity contribution in [1.82, 2.24) is 0 Å². The first kappa shape index (κ1) is 13.2. The fourth-order valence-corrected chi connectivity index (χ4v) is 2.40. The average Bonchev–Trinajstić information content (AvgIpc) is 2.34. The minimum atomic E-state index is -0.545. The summed E-state index contributed by atoms with van der Waals surface area (Å²) in [5.41, 5.74) is 11.6. The average molecular weight is 269 g/mol. The van der Waals surface area contributed by atoms with Gasteiger partial charge in [-0.3, -0.25) is 4.79 Å². The van der Waals surface area contributed by atoms with Crippen LogP contribution in [0.1, 0.15) is 36.0 Å². The van der Waals surface area contributed by atoms with Crippen LogP contribution >= 0.6 is 11.6 Å². The molecule has 2 atom stereocenters. The van der Waals surface area contributed by atoms with E-state index in [2.05, 4.69) is 0 Å². The third kappa shape index (κ3) is 2.94. The number of hydrogen-bond donors (Lipinski definition) is 2. The van der Waals surface area contributed by atoms with Gasteiger partial charge in [0.1, 0.15) is 11.9 Å². The van der Waals surface area contributed by atoms with E-state index < -0.39 is 5.91 Å². The molecule has 1 amide bonds. The molecule has 2 unspecified atom stereocenters. The van der Waals surface area contributed by atoms with Gasteiger partial charge in [-0.15, -0.1) is 0 Å². The number of ether oxygens (including phenoxy) is 1. The van der Waals surface area contributed by atoms with Gasteiger partial charge in [-0.2, -0.15) is 0 Å². The molecule has 1 saturated carbocycles. The molecule has 1 aliphatic rings. The fraction of sp³-hybridized carbons (Fsp3) is 0.462. The van der Waals surface area contributed by atoms with Crippen molar-refractivity contribution < 1.29 is 9.53 Å². The van der Waals surface area contributed by atoms with Gasteiger partial charge in [0.25, 0.3) is 5.91 Å². The minimum Gasteiger partial charge on any atom is -0.488 e. The third-order valence-corrected chi connectivity index (χ3v) is 3.47. The van der Waals surface area contributed by atoms with Crippen LogP contribution < -0.4 is 16.2 Å². The molecular formula is C13H17ClN2O2. The van der Waals surface area contributed by atoms with Crippen molar-refractivity contribution >= 4 is 17.5 Å². The molecule has 1 aromatic rings. The zero-order chi connectivity index (χ0) is 13.1. The summed E-state index contributed by atoms with van der Waals surface area (Å²) in [4.78, 5) is 11.3. The summed E-state index contributed by atoms with van der Waals surface area (Å²) in [6.45, 7) is 0. The minimum absolute atomic E-state index is 0.00940. The molecule has 1 aromatic carbocycles. The first-order chi connectivity index (χ1) is 8.58. The largest absolute Gasteiger partial charge is 0.488 e. The maximum atomic E-state index is 11.3. The molecule has 2 rings (SSSR count). The summed E-state index contributed by atoms with van der Waals surface area (Å²) < 4.78 is 5.83. The van der Waals surface area contributed by atoms with E-state index in [0.717, 1.165) is 25.7 Å². The zero-order valence-corrected chi connectivity index (χ0v) is 10.8. The molecule has 0 bridgehead atoms. The lowest BCUT2D eigenvalue weighted by Crippen LogP contribution is -2.41. The quantitative estimate of drug-likeness (QED) is 0.881. The maximum absolute atomic E-state index is 11.3. The SMILES string of the molecule is NC(=O)c1cc(Cl)ccc1OC1CCCCC1N. The molecular weight excluding hydrogens is 252 g/mol. The Kier molecular flexibility index (Phi) is 4.09. The van der Waals surface area contributed by atoms with Gasteiger partial charge < -0.3 is 16.2 Å². The first-order valence-corrected chi connectivity index (χ1v) is 6.47. The van der Waals surface area contributed by atoms with Crippen molar-refractivity contribution in [2.45, 2.75) is 37.8 Å². The van der Waals surface area contributed by atoms with Gasteiger partial charge >= 0.3 is 0 Å². The van der Waals surface area contributed by atoms with Gasteiger partial charge in [-0.05, 0) is 37.5 Å². The lowest BCUT2D eigenvalue weighted by molar-refractivity contribution is 0.0981. The van der Waals surface area contributed by atoms with E-state index in [1.54, 1.807) is 12.1 Å². The van der Waals surface area contributed by atoms with E-state index in [1.165, 1.54) is 6.07 Å². The number of halogens is 1. The number of nitrogens with two attached hydrogens (primary N) is 2. The monoisotopic (exact) mass is 268 g/mol. The van der Waals surface area contributed by atoms with Crippen molar-refractivity contribution in [3.05, 3.63) is 28.8 Å². The Bertz CT molecular complexity index is 451. The Hall–Kier alpha value is -1.26. The summed E-state index contributed by atoms with van der Waals surface area (Å²) in [6, 6.07) is 4.88. The Balaban J connectivity index is 2.20. The first-order valence-electron chi connectivity index (χ1n) is 6.09. The number of benzene rings is 1. The van der Waals surface area contributed by atoms with Gasteiger partial charge in [-0.25, -0.2) is 0 Å². The second-order valence-corrected chi connectivity index (χ2v) is 5.05. The van der Waals surface area contributed by atoms with E-state index >= 15 is 0 Å². The van der Waals surface area contributed by atoms with Crippen molar-refractivity contribution in [1.29, 1.82) is 0 Å². The van der Waals surface area contributed by atoms with Crippen LogP contribution in [0.2, 0.25) is 5.02 Å². The lowest BCUT2D eigenvalue weighted by atomic mass is 9.93. The van der Waals surface area contributed by atoms with E-state index in [0.29, 0.717) is 16.3 Å². The van der Waals surface area contributed by atoms with Crippen LogP contribution in [0.5, 0.6) is 5.75 Å². The molecule has 18 heavy (non-hydrogen) atoms. The van der Waals surface area contributed by atoms with Crippen molar-refractivity contribution in [2.24, 2.45) is 11.5 Å². The fourth-order valence-electron chi connectivity index (χ4n) is 2.23. The molecule has 5 heteroatoms. The summed E-state index contributed by atoms with van der Waals surface area (Å²) >= 11 is 5.84. The molecule has 98 valence electrons. The lowest BCUT2D eigenvalue weighted by Gasteiger charge is -2.29. The molecule has 1 aliphatic carbocycles. The van der Waals surface area contributed by atoms with Crippen molar-refractivity contribution in [3.63, 3.8) is 0 Å². The normalized spacial score (nSPS) is 23.7. The predicted octanol–water partition coefficient (Wildman–Crippen LogP) is 2.09. The van der Waals surface area contributed by atoms with Crippen molar-refractivity contribution in [2.75, 3.05) is 0 Å². The van der Waals surface area contributed by atoms with E-state index in [9.17, 15) is 4.79 Å². The molecule has 0 aromatic heterocycles. The van der Waals surface area contributed by atoms with Gasteiger partial charge in [0.2, 0.25) is 0 Å². The highest BCUT2D eigenvalue weighted by Crippen LogP contribution is 2.27. The number of rotatable bonds is 3. The van der Waals surface area contributed by atoms with Gasteiger partial charge in [-0.1, -0.05) is 18.0 Å². The molecule has 0 saturated heterocycles. The molecule has 0 radical (unpaired) electrons. The predicted molar refractivity (Wildman–Crippen MR) is 70.8 cm³/mol. The molecule has 0 spiro atoms. The highest BCUT2D eigenvalue weighted by molar-refractivity contribution is 6.31. The van der Waals surface area contributed by atoms with Crippen LogP contribution in [0.15, 0.2) is 18.2 Å². The van der Waals surface area contributed by atoms with Gasteiger partial charge in [0.15, 0.2) is 0 Å². The smallest absolute Gasteiger partial charge is 0.252 e. The van der Waals surface area contributed by atoms with E-state index in [1.807, 2.05) is 0 Å². The number of hydrogen-bond acceptors (Lipinski definition) is 3. The Labute approximate surface area is 111 Å². The van der Waals surface area contributed by atoms with Gasteiger partial charge in [0, 0.05) is 11.1 Å². The van der Waals surface area contributed by atoms with E-state index in [4.69, 9.17) is 27.8 Å². The topological polar surface area (TPSA) is 78.3 Å². The Morgan fingerprint density at radius 1 is 1.33 bits per heavy atom. The number of carbonyl (C=O) groups is 1. The molecule has 0 aliphatic heterocycles. The highest BCUT2D eigenvalue weighted by Gasteiger charge is 2.24. The third-order valence-electron chi connectivity index (χ3n) is 3.24. The molecule has 4 nitrogen and oxygen atoms in total. The summed E-state index contributed by atoms with van der Waals surface area (Å²) in [5, 5.41) is 0.462. The number of amides is 1. The zero-order valence-electron chi connectivity index (χ0n) is 10.1. The Morgan fingerprint density at radius 2 is 2.06 bits per heavy atom. The summed E-state index contributed by atoms with van der Waals surface area (Å²) in [6.07, 6.45) is 4.02. The van der Waals surface area contributed by atoms with Crippen molar-refractivity contribution in [3.8, 4) is 5.75 Å². The molecule has 4 N–H and O–H groups in total. The Morgan fingerprint density at radius 3 is 2.72 bits per heavy atom. The summed E-state index contributed by atoms with van der Waals surface area (Å²) in [5.74, 6) is -0.0777. The second-order valence-electron chi connectivity index (χ2n) is 4.61. The van der Waals surface area contributed by atoms with Gasteiger partial charge in [0.05, 0.1) is 5.56 Å². The molecule has 0 heterocycles. The maximum Gasteiger partial charge on any atom is 0.252 e. The molecule has 1 fully saturated rings. The highest BCUT2D eigenvalue weighted by atomic mass is 35.5. The number of primary amides is 1. The van der Waals surface area contributed by atoms with E-state index in [-0.39, 0.29) is 12.1 Å². The van der Waals surface area contributed by atoms with Crippen LogP contribution in [-0.2, 0) is 0 Å². The number of carbonyl (C=O) groups excluding carboxylic acids is 1. The van der Waals surface area contributed by atoms with Crippen LogP contribution in [0, 0.1) is 0 Å². The van der Waals surface area contributed by atoms with Crippen LogP contribution in [0.3, 0.4) is 0 Å². The standard InChI is InChI=1S/C13H17ClN2O2/c14-8-5-6-11(9(7-8)13(16)17)18-12-4-2-1-3-10(12)15/h5-7,10,12H,1-4,15H2,(H2,16,17). The van der Waals surface area contributed by atoms with Crippen LogP contribution in [0.25, 0.3) is 0 Å². The second kappa shape index (κ2) is 5.59. The summed E-state index contributed by atoms with van der Waals surface area (Å²) in [7, 11) is 0. The van der Waals surface area contributed by atoms with Crippen LogP contribution in [0.4, 0.5) is 0 Å².